The summed E-state index contributed by atoms with van der Waals surface area (Å²) < 4.78 is 15.3. The van der Waals surface area contributed by atoms with Crippen molar-refractivity contribution in [3.8, 4) is 39.5 Å². The Hall–Kier alpha value is -7.50. The molecule has 0 bridgehead atoms. The smallest absolute Gasteiger partial charge is 0.235 e. The van der Waals surface area contributed by atoms with Gasteiger partial charge < -0.3 is 8.83 Å². The molecule has 4 aromatic heterocycles. The van der Waals surface area contributed by atoms with Crippen LogP contribution in [-0.4, -0.2) is 14.5 Å². The zero-order chi connectivity index (χ0) is 36.0. The monoisotopic (exact) mass is 703 g/mol. The number of rotatable bonds is 4. The largest absolute Gasteiger partial charge is 0.456 e. The molecule has 0 N–H and O–H groups in total. The first kappa shape index (κ1) is 30.0. The van der Waals surface area contributed by atoms with E-state index in [1.54, 1.807) is 0 Å². The third-order valence-electron chi connectivity index (χ3n) is 11.0. The normalized spacial score (nSPS) is 12.0. The fourth-order valence-electron chi connectivity index (χ4n) is 8.50. The van der Waals surface area contributed by atoms with Gasteiger partial charge in [0.15, 0.2) is 0 Å². The molecule has 0 fully saturated rings. The van der Waals surface area contributed by atoms with Crippen LogP contribution in [0.15, 0.2) is 185 Å². The molecule has 0 atom stereocenters. The second kappa shape index (κ2) is 11.5. The van der Waals surface area contributed by atoms with Gasteiger partial charge in [-0.3, -0.25) is 4.57 Å². The molecule has 0 aliphatic heterocycles. The Kier molecular flexibility index (Phi) is 6.27. The van der Waals surface area contributed by atoms with Gasteiger partial charge in [0.25, 0.3) is 0 Å². The van der Waals surface area contributed by atoms with Crippen molar-refractivity contribution in [2.75, 3.05) is 0 Å². The van der Waals surface area contributed by atoms with Crippen LogP contribution < -0.4 is 0 Å². The lowest BCUT2D eigenvalue weighted by atomic mass is 10.00. The summed E-state index contributed by atoms with van der Waals surface area (Å²) in [6.45, 7) is 0. The molecular weight excluding hydrogens is 675 g/mol. The average Bonchev–Trinajstić information content (AvgIpc) is 3.93. The van der Waals surface area contributed by atoms with Gasteiger partial charge in [0.1, 0.15) is 22.3 Å². The van der Waals surface area contributed by atoms with Gasteiger partial charge in [-0.2, -0.15) is 0 Å². The highest BCUT2D eigenvalue weighted by Crippen LogP contribution is 2.43. The molecule has 0 spiro atoms. The van der Waals surface area contributed by atoms with E-state index in [1.165, 1.54) is 5.56 Å². The van der Waals surface area contributed by atoms with Crippen LogP contribution in [0.4, 0.5) is 0 Å². The maximum atomic E-state index is 6.61. The number of furan rings is 2. The van der Waals surface area contributed by atoms with Crippen molar-refractivity contribution in [3.63, 3.8) is 0 Å². The quantitative estimate of drug-likeness (QED) is 0.183. The highest BCUT2D eigenvalue weighted by atomic mass is 16.3. The van der Waals surface area contributed by atoms with E-state index in [1.807, 2.05) is 24.3 Å². The molecule has 0 aliphatic carbocycles. The van der Waals surface area contributed by atoms with Crippen molar-refractivity contribution in [3.05, 3.63) is 176 Å². The van der Waals surface area contributed by atoms with Gasteiger partial charge in [-0.15, -0.1) is 0 Å². The molecular formula is C50H29N3O2. The van der Waals surface area contributed by atoms with Gasteiger partial charge >= 0.3 is 0 Å². The van der Waals surface area contributed by atoms with E-state index < -0.39 is 0 Å². The molecule has 256 valence electrons. The second-order valence-electron chi connectivity index (χ2n) is 14.1. The first-order valence-electron chi connectivity index (χ1n) is 18.5. The topological polar surface area (TPSA) is 57.0 Å². The van der Waals surface area contributed by atoms with Crippen molar-refractivity contribution in [2.24, 2.45) is 0 Å². The summed E-state index contributed by atoms with van der Waals surface area (Å²) in [5.41, 5.74) is 12.7. The number of benzene rings is 8. The third-order valence-corrected chi connectivity index (χ3v) is 11.0. The molecule has 8 aromatic carbocycles. The molecule has 5 nitrogen and oxygen atoms in total. The van der Waals surface area contributed by atoms with Gasteiger partial charge in [-0.25, -0.2) is 9.97 Å². The van der Waals surface area contributed by atoms with Crippen LogP contribution in [-0.2, 0) is 0 Å². The molecule has 0 amide bonds. The van der Waals surface area contributed by atoms with Gasteiger partial charge in [-0.1, -0.05) is 133 Å². The number of nitrogens with zero attached hydrogens (tertiary/aromatic N) is 3. The first-order chi connectivity index (χ1) is 27.3. The molecule has 12 aromatic rings. The lowest BCUT2D eigenvalue weighted by Gasteiger charge is -2.12. The summed E-state index contributed by atoms with van der Waals surface area (Å²) >= 11 is 0. The van der Waals surface area contributed by atoms with Crippen LogP contribution in [0.2, 0.25) is 0 Å². The van der Waals surface area contributed by atoms with Crippen LogP contribution in [0.25, 0.3) is 116 Å². The molecule has 0 aliphatic rings. The minimum absolute atomic E-state index is 0.608. The fraction of sp³-hybridized carbons (Fsp3) is 0. The predicted molar refractivity (Wildman–Crippen MR) is 225 cm³/mol. The Morgan fingerprint density at radius 2 is 1.07 bits per heavy atom. The predicted octanol–water partition coefficient (Wildman–Crippen LogP) is 13.5. The van der Waals surface area contributed by atoms with Crippen molar-refractivity contribution >= 4 is 76.6 Å². The summed E-state index contributed by atoms with van der Waals surface area (Å²) in [4.78, 5) is 10.7. The molecule has 12 rings (SSSR count). The number of para-hydroxylation sites is 4. The minimum Gasteiger partial charge on any atom is -0.456 e. The lowest BCUT2D eigenvalue weighted by molar-refractivity contribution is 0.668. The van der Waals surface area contributed by atoms with Crippen molar-refractivity contribution < 1.29 is 8.83 Å². The molecule has 5 heteroatoms. The Bertz CT molecular complexity index is 3480. The van der Waals surface area contributed by atoms with Crippen LogP contribution in [0.3, 0.4) is 0 Å². The lowest BCUT2D eigenvalue weighted by Crippen LogP contribution is -2.03. The maximum absolute atomic E-state index is 6.61. The number of hydrogen-bond acceptors (Lipinski definition) is 4. The van der Waals surface area contributed by atoms with Crippen molar-refractivity contribution in [2.45, 2.75) is 0 Å². The van der Waals surface area contributed by atoms with E-state index in [-0.39, 0.29) is 0 Å². The van der Waals surface area contributed by atoms with Gasteiger partial charge in [0.05, 0.1) is 27.6 Å². The van der Waals surface area contributed by atoms with Crippen LogP contribution in [0.1, 0.15) is 0 Å². The number of hydrogen-bond donors (Lipinski definition) is 0. The van der Waals surface area contributed by atoms with Crippen molar-refractivity contribution in [1.29, 1.82) is 0 Å². The summed E-state index contributed by atoms with van der Waals surface area (Å²) in [6, 6.07) is 61.2. The number of aromatic nitrogens is 3. The molecule has 55 heavy (non-hydrogen) atoms. The molecule has 0 unspecified atom stereocenters. The summed E-state index contributed by atoms with van der Waals surface area (Å²) in [5, 5.41) is 7.50. The number of fused-ring (bicyclic) bond motifs is 11. The fourth-order valence-corrected chi connectivity index (χ4v) is 8.50. The summed E-state index contributed by atoms with van der Waals surface area (Å²) in [6.07, 6.45) is 0. The van der Waals surface area contributed by atoms with Crippen LogP contribution in [0.5, 0.6) is 0 Å². The Balaban J connectivity index is 1.12. The summed E-state index contributed by atoms with van der Waals surface area (Å²) in [5.74, 6) is 0.608. The van der Waals surface area contributed by atoms with E-state index in [0.717, 1.165) is 105 Å². The van der Waals surface area contributed by atoms with Gasteiger partial charge in [0, 0.05) is 43.4 Å². The Morgan fingerprint density at radius 1 is 0.400 bits per heavy atom. The zero-order valence-electron chi connectivity index (χ0n) is 29.4. The standard InChI is InChI=1S/C50H29N3O2/c1-2-11-30(12-3-1)31-21-23-32(24-22-31)47-39-15-4-7-18-41(39)51-50(52-47)53-42-19-8-5-13-35(42)37-26-28-45-46(48(37)53)40-29-33(25-27-44(40)54-45)34-16-10-17-38-36-14-6-9-20-43(36)55-49(34)38/h1-29H. The van der Waals surface area contributed by atoms with E-state index in [2.05, 4.69) is 156 Å². The molecule has 0 saturated heterocycles. The minimum atomic E-state index is 0.608. The zero-order valence-corrected chi connectivity index (χ0v) is 29.4. The highest BCUT2D eigenvalue weighted by Gasteiger charge is 2.22. The highest BCUT2D eigenvalue weighted by molar-refractivity contribution is 6.25. The van der Waals surface area contributed by atoms with E-state index in [4.69, 9.17) is 18.8 Å². The summed E-state index contributed by atoms with van der Waals surface area (Å²) in [7, 11) is 0. The second-order valence-corrected chi connectivity index (χ2v) is 14.1. The Morgan fingerprint density at radius 3 is 1.96 bits per heavy atom. The maximum Gasteiger partial charge on any atom is 0.235 e. The van der Waals surface area contributed by atoms with Gasteiger partial charge in [-0.05, 0) is 59.2 Å². The SMILES string of the molecule is c1ccc(-c2ccc(-c3nc(-n4c5ccccc5c5ccc6oc7ccc(-c8cccc9c8oc8ccccc89)cc7c6c54)nc4ccccc34)cc2)cc1. The van der Waals surface area contributed by atoms with E-state index in [0.29, 0.717) is 5.95 Å². The average molecular weight is 704 g/mol. The molecule has 0 radical (unpaired) electrons. The molecule has 0 saturated carbocycles. The Labute approximate surface area is 314 Å². The van der Waals surface area contributed by atoms with Gasteiger partial charge in [0.2, 0.25) is 5.95 Å². The molecule has 4 heterocycles. The van der Waals surface area contributed by atoms with E-state index in [9.17, 15) is 0 Å². The first-order valence-corrected chi connectivity index (χ1v) is 18.5. The van der Waals surface area contributed by atoms with Crippen molar-refractivity contribution in [1.82, 2.24) is 14.5 Å². The van der Waals surface area contributed by atoms with Crippen LogP contribution in [0, 0.1) is 0 Å². The van der Waals surface area contributed by atoms with E-state index >= 15 is 0 Å². The van der Waals surface area contributed by atoms with Crippen LogP contribution >= 0.6 is 0 Å². The third kappa shape index (κ3) is 4.47.